The van der Waals surface area contributed by atoms with E-state index >= 15 is 0 Å². The van der Waals surface area contributed by atoms with Gasteiger partial charge in [0.05, 0.1) is 0 Å². The van der Waals surface area contributed by atoms with E-state index in [0.717, 1.165) is 0 Å². The number of hydrogen-bond donors (Lipinski definition) is 3. The van der Waals surface area contributed by atoms with Crippen LogP contribution < -0.4 is 20.7 Å². The van der Waals surface area contributed by atoms with Gasteiger partial charge in [-0.25, -0.2) is 4.79 Å². The average Bonchev–Trinajstić information content (AvgIpc) is 2.73. The maximum absolute atomic E-state index is 11.5. The summed E-state index contributed by atoms with van der Waals surface area (Å²) >= 11 is 0. The van der Waals surface area contributed by atoms with Crippen LogP contribution in [0.15, 0.2) is 30.3 Å². The first kappa shape index (κ1) is 12.9. The Labute approximate surface area is 109 Å². The lowest BCUT2D eigenvalue weighted by Gasteiger charge is -2.10. The molecule has 1 fully saturated rings. The number of rotatable bonds is 5. The molecule has 1 atom stereocenters. The molecule has 1 unspecified atom stereocenters. The van der Waals surface area contributed by atoms with Crippen molar-refractivity contribution in [1.29, 1.82) is 0 Å². The topological polar surface area (TPSA) is 96.5 Å². The second kappa shape index (κ2) is 5.85. The Morgan fingerprint density at radius 2 is 2.00 bits per heavy atom. The van der Waals surface area contributed by atoms with Crippen molar-refractivity contribution in [2.75, 3.05) is 13.2 Å². The molecule has 0 aliphatic carbocycles. The summed E-state index contributed by atoms with van der Waals surface area (Å²) in [6.07, 6.45) is 0. The third-order valence-electron chi connectivity index (χ3n) is 2.48. The van der Waals surface area contributed by atoms with Crippen LogP contribution in [0.2, 0.25) is 0 Å². The number of nitrogens with one attached hydrogen (secondary N) is 3. The SMILES string of the molecule is O=C(COc1ccccc1)NCC1NC(=O)NC1=O. The number of carbonyl (C=O) groups is 3. The highest BCUT2D eigenvalue weighted by Gasteiger charge is 2.29. The van der Waals surface area contributed by atoms with Gasteiger partial charge in [-0.15, -0.1) is 0 Å². The van der Waals surface area contributed by atoms with E-state index in [0.29, 0.717) is 5.75 Å². The van der Waals surface area contributed by atoms with Gasteiger partial charge < -0.3 is 15.4 Å². The van der Waals surface area contributed by atoms with Crippen LogP contribution in [0.4, 0.5) is 4.79 Å². The molecule has 0 radical (unpaired) electrons. The standard InChI is InChI=1S/C12H13N3O4/c16-10(7-19-8-4-2-1-3-5-8)13-6-9-11(17)15-12(18)14-9/h1-5,9H,6-7H2,(H,13,16)(H2,14,15,17,18). The minimum atomic E-state index is -0.729. The molecule has 7 nitrogen and oxygen atoms in total. The van der Waals surface area contributed by atoms with Crippen LogP contribution in [0, 0.1) is 0 Å². The summed E-state index contributed by atoms with van der Waals surface area (Å²) in [5, 5.41) is 6.96. The van der Waals surface area contributed by atoms with Gasteiger partial charge >= 0.3 is 6.03 Å². The first-order chi connectivity index (χ1) is 9.15. The second-order valence-electron chi connectivity index (χ2n) is 3.92. The molecule has 19 heavy (non-hydrogen) atoms. The molecule has 1 heterocycles. The average molecular weight is 263 g/mol. The zero-order valence-corrected chi connectivity index (χ0v) is 10.0. The van der Waals surface area contributed by atoms with Gasteiger partial charge in [-0.05, 0) is 12.1 Å². The smallest absolute Gasteiger partial charge is 0.322 e. The van der Waals surface area contributed by atoms with Crippen LogP contribution in [0.3, 0.4) is 0 Å². The van der Waals surface area contributed by atoms with Gasteiger partial charge in [0.25, 0.3) is 11.8 Å². The van der Waals surface area contributed by atoms with Crippen molar-refractivity contribution >= 4 is 17.8 Å². The number of benzene rings is 1. The molecule has 1 aliphatic heterocycles. The zero-order valence-electron chi connectivity index (χ0n) is 10.0. The molecule has 1 saturated heterocycles. The number of ether oxygens (including phenoxy) is 1. The monoisotopic (exact) mass is 263 g/mol. The summed E-state index contributed by atoms with van der Waals surface area (Å²) in [5.41, 5.74) is 0. The van der Waals surface area contributed by atoms with Crippen molar-refractivity contribution in [2.24, 2.45) is 0 Å². The normalized spacial score (nSPS) is 17.6. The Hall–Kier alpha value is -2.57. The Morgan fingerprint density at radius 3 is 2.63 bits per heavy atom. The van der Waals surface area contributed by atoms with Gasteiger partial charge in [0.2, 0.25) is 0 Å². The number of hydrogen-bond acceptors (Lipinski definition) is 4. The molecule has 1 aromatic rings. The molecule has 0 aromatic heterocycles. The predicted molar refractivity (Wildman–Crippen MR) is 65.4 cm³/mol. The highest BCUT2D eigenvalue weighted by molar-refractivity contribution is 6.04. The predicted octanol–water partition coefficient (Wildman–Crippen LogP) is -0.610. The largest absolute Gasteiger partial charge is 0.484 e. The Balaban J connectivity index is 1.70. The van der Waals surface area contributed by atoms with Crippen LogP contribution in [0.5, 0.6) is 5.75 Å². The number of urea groups is 1. The minimum absolute atomic E-state index is 0.0363. The van der Waals surface area contributed by atoms with Gasteiger partial charge in [-0.2, -0.15) is 0 Å². The summed E-state index contributed by atoms with van der Waals surface area (Å²) in [7, 11) is 0. The fraction of sp³-hybridized carbons (Fsp3) is 0.250. The molecular weight excluding hydrogens is 250 g/mol. The van der Waals surface area contributed by atoms with E-state index in [-0.39, 0.29) is 19.1 Å². The molecule has 3 N–H and O–H groups in total. The fourth-order valence-electron chi connectivity index (χ4n) is 1.54. The minimum Gasteiger partial charge on any atom is -0.484 e. The highest BCUT2D eigenvalue weighted by atomic mass is 16.5. The van der Waals surface area contributed by atoms with Gasteiger partial charge in [0.15, 0.2) is 6.61 Å². The number of imide groups is 1. The Kier molecular flexibility index (Phi) is 3.97. The van der Waals surface area contributed by atoms with E-state index in [1.54, 1.807) is 24.3 Å². The van der Waals surface area contributed by atoms with Crippen molar-refractivity contribution in [3.05, 3.63) is 30.3 Å². The molecule has 100 valence electrons. The van der Waals surface area contributed by atoms with E-state index in [4.69, 9.17) is 4.74 Å². The molecule has 1 aromatic carbocycles. The van der Waals surface area contributed by atoms with Gasteiger partial charge in [0.1, 0.15) is 11.8 Å². The summed E-state index contributed by atoms with van der Waals surface area (Å²) in [4.78, 5) is 33.5. The third kappa shape index (κ3) is 3.70. The van der Waals surface area contributed by atoms with E-state index < -0.39 is 18.0 Å². The van der Waals surface area contributed by atoms with Crippen molar-refractivity contribution < 1.29 is 19.1 Å². The van der Waals surface area contributed by atoms with Crippen LogP contribution in [-0.2, 0) is 9.59 Å². The van der Waals surface area contributed by atoms with E-state index in [2.05, 4.69) is 16.0 Å². The van der Waals surface area contributed by atoms with Gasteiger partial charge in [-0.1, -0.05) is 18.2 Å². The van der Waals surface area contributed by atoms with Crippen molar-refractivity contribution in [3.63, 3.8) is 0 Å². The summed E-state index contributed by atoms with van der Waals surface area (Å²) in [6.45, 7) is -0.110. The van der Waals surface area contributed by atoms with Crippen molar-refractivity contribution in [3.8, 4) is 5.75 Å². The molecule has 0 saturated carbocycles. The molecule has 2 rings (SSSR count). The van der Waals surface area contributed by atoms with Crippen LogP contribution >= 0.6 is 0 Å². The lowest BCUT2D eigenvalue weighted by Crippen LogP contribution is -2.43. The Morgan fingerprint density at radius 1 is 1.26 bits per heavy atom. The third-order valence-corrected chi connectivity index (χ3v) is 2.48. The van der Waals surface area contributed by atoms with E-state index in [9.17, 15) is 14.4 Å². The number of carbonyl (C=O) groups excluding carboxylic acids is 3. The van der Waals surface area contributed by atoms with Gasteiger partial charge in [-0.3, -0.25) is 14.9 Å². The molecular formula is C12H13N3O4. The maximum atomic E-state index is 11.5. The van der Waals surface area contributed by atoms with E-state index in [1.807, 2.05) is 6.07 Å². The van der Waals surface area contributed by atoms with Crippen LogP contribution in [0.1, 0.15) is 0 Å². The molecule has 1 aliphatic rings. The lowest BCUT2D eigenvalue weighted by atomic mass is 10.3. The second-order valence-corrected chi connectivity index (χ2v) is 3.92. The first-order valence-electron chi connectivity index (χ1n) is 5.71. The molecule has 4 amide bonds. The highest BCUT2D eigenvalue weighted by Crippen LogP contribution is 2.07. The van der Waals surface area contributed by atoms with Crippen LogP contribution in [-0.4, -0.2) is 37.0 Å². The maximum Gasteiger partial charge on any atom is 0.322 e. The summed E-state index contributed by atoms with van der Waals surface area (Å²) in [5.74, 6) is -0.225. The fourth-order valence-corrected chi connectivity index (χ4v) is 1.54. The quantitative estimate of drug-likeness (QED) is 0.617. The number of amides is 4. The number of para-hydroxylation sites is 1. The summed E-state index contributed by atoms with van der Waals surface area (Å²) in [6, 6.07) is 7.62. The molecule has 0 bridgehead atoms. The van der Waals surface area contributed by atoms with Gasteiger partial charge in [0, 0.05) is 6.54 Å². The zero-order chi connectivity index (χ0) is 13.7. The van der Waals surface area contributed by atoms with Crippen molar-refractivity contribution in [2.45, 2.75) is 6.04 Å². The Bertz CT molecular complexity index is 489. The summed E-state index contributed by atoms with van der Waals surface area (Å²) < 4.78 is 5.23. The van der Waals surface area contributed by atoms with E-state index in [1.165, 1.54) is 0 Å². The molecule has 0 spiro atoms. The lowest BCUT2D eigenvalue weighted by molar-refractivity contribution is -0.123. The molecule has 7 heteroatoms. The van der Waals surface area contributed by atoms with Crippen LogP contribution in [0.25, 0.3) is 0 Å². The first-order valence-corrected chi connectivity index (χ1v) is 5.71. The van der Waals surface area contributed by atoms with Crippen molar-refractivity contribution in [1.82, 2.24) is 16.0 Å².